The first-order valence-electron chi connectivity index (χ1n) is 11.2. The topological polar surface area (TPSA) is 85.4 Å². The Bertz CT molecular complexity index is 1170. The molecule has 1 aliphatic heterocycles. The van der Waals surface area contributed by atoms with Crippen molar-refractivity contribution in [3.05, 3.63) is 53.6 Å². The Labute approximate surface area is 208 Å². The second-order valence-corrected chi connectivity index (χ2v) is 10.2. The second-order valence-electron chi connectivity index (χ2n) is 8.35. The molecule has 2 atom stereocenters. The third kappa shape index (κ3) is 5.97. The molecule has 2 unspecified atom stereocenters. The molecule has 1 heterocycles. The maximum atomic E-state index is 13.2. The molecule has 0 aliphatic carbocycles. The largest absolute Gasteiger partial charge is 0.493 e. The number of halogens is 3. The first-order valence-corrected chi connectivity index (χ1v) is 12.8. The number of amides is 1. The lowest BCUT2D eigenvalue weighted by atomic mass is 9.91. The zero-order chi connectivity index (χ0) is 26.7. The molecule has 36 heavy (non-hydrogen) atoms. The molecule has 0 spiro atoms. The molecule has 2 aromatic carbocycles. The van der Waals surface area contributed by atoms with E-state index in [4.69, 9.17) is 14.2 Å². The lowest BCUT2D eigenvalue weighted by Crippen LogP contribution is -2.49. The predicted octanol–water partition coefficient (Wildman–Crippen LogP) is 4.89. The van der Waals surface area contributed by atoms with E-state index in [0.29, 0.717) is 5.56 Å². The first-order chi connectivity index (χ1) is 16.9. The summed E-state index contributed by atoms with van der Waals surface area (Å²) < 4.78 is 82.2. The Morgan fingerprint density at radius 3 is 2.28 bits per heavy atom. The van der Waals surface area contributed by atoms with Gasteiger partial charge in [0.1, 0.15) is 0 Å². The summed E-state index contributed by atoms with van der Waals surface area (Å²) in [7, 11) is -2.09. The summed E-state index contributed by atoms with van der Waals surface area (Å²) in [4.78, 5) is 14.5. The van der Waals surface area contributed by atoms with Crippen molar-refractivity contribution in [2.75, 3.05) is 30.9 Å². The van der Waals surface area contributed by atoms with Crippen molar-refractivity contribution in [2.45, 2.75) is 45.1 Å². The van der Waals surface area contributed by atoms with E-state index in [1.165, 1.54) is 38.2 Å². The molecule has 1 aliphatic rings. The molecule has 0 saturated carbocycles. The molecule has 0 N–H and O–H groups in total. The van der Waals surface area contributed by atoms with Crippen molar-refractivity contribution in [2.24, 2.45) is 0 Å². The number of ether oxygens (including phenoxy) is 3. The average molecular weight is 531 g/mol. The van der Waals surface area contributed by atoms with Crippen molar-refractivity contribution in [1.82, 2.24) is 4.90 Å². The molecule has 3 rings (SSSR count). The van der Waals surface area contributed by atoms with Crippen LogP contribution in [0.2, 0.25) is 0 Å². The number of nitrogens with zero attached hydrogens (tertiary/aromatic N) is 2. The summed E-state index contributed by atoms with van der Waals surface area (Å²) in [5.41, 5.74) is 1.09. The van der Waals surface area contributed by atoms with Gasteiger partial charge in [-0.1, -0.05) is 30.3 Å². The number of rotatable bonds is 8. The van der Waals surface area contributed by atoms with Crippen molar-refractivity contribution < 1.29 is 40.6 Å². The lowest BCUT2D eigenvalue weighted by molar-refractivity contribution is -0.106. The number of benzene rings is 2. The number of alkyl halides is 3. The summed E-state index contributed by atoms with van der Waals surface area (Å²) >= 11 is 0. The number of methoxy groups -OCH3 is 2. The molecule has 0 fully saturated rings. The van der Waals surface area contributed by atoms with Crippen LogP contribution in [-0.2, 0) is 21.3 Å². The van der Waals surface area contributed by atoms with Gasteiger partial charge in [0.05, 0.1) is 32.6 Å². The van der Waals surface area contributed by atoms with Gasteiger partial charge in [0.15, 0.2) is 17.3 Å². The molecule has 1 amide bonds. The lowest BCUT2D eigenvalue weighted by Gasteiger charge is -2.43. The van der Waals surface area contributed by atoms with Crippen molar-refractivity contribution in [3.8, 4) is 11.5 Å². The molecule has 0 saturated heterocycles. The standard InChI is InChI=1S/C24H29F3N2O6S/c1-5-35-23(30)28(14-17-9-7-6-8-10-17)19-11-16(2)29(36(31,32)15-24(25,26)27)20-13-22(34-4)21(33-3)12-18(19)20/h6-10,12-13,16,19H,5,11,14-15H2,1-4H3. The fourth-order valence-corrected chi connectivity index (χ4v) is 6.05. The highest BCUT2D eigenvalue weighted by molar-refractivity contribution is 7.92. The Morgan fingerprint density at radius 2 is 1.72 bits per heavy atom. The van der Waals surface area contributed by atoms with Gasteiger partial charge < -0.3 is 14.2 Å². The Hall–Kier alpha value is -3.15. The minimum Gasteiger partial charge on any atom is -0.493 e. The van der Waals surface area contributed by atoms with Gasteiger partial charge in [-0.25, -0.2) is 13.2 Å². The molecule has 2 aromatic rings. The molecule has 198 valence electrons. The van der Waals surface area contributed by atoms with Gasteiger partial charge in [-0.3, -0.25) is 9.21 Å². The van der Waals surface area contributed by atoms with Crippen molar-refractivity contribution >= 4 is 21.8 Å². The quantitative estimate of drug-likeness (QED) is 0.483. The zero-order valence-corrected chi connectivity index (χ0v) is 21.2. The smallest absolute Gasteiger partial charge is 0.410 e. The third-order valence-corrected chi connectivity index (χ3v) is 7.66. The van der Waals surface area contributed by atoms with Gasteiger partial charge in [-0.2, -0.15) is 13.2 Å². The van der Waals surface area contributed by atoms with Crippen LogP contribution in [0.5, 0.6) is 11.5 Å². The maximum absolute atomic E-state index is 13.2. The minimum atomic E-state index is -4.93. The summed E-state index contributed by atoms with van der Waals surface area (Å²) in [6.45, 7) is 3.42. The molecular formula is C24H29F3N2O6S. The summed E-state index contributed by atoms with van der Waals surface area (Å²) in [6, 6.07) is 10.3. The van der Waals surface area contributed by atoms with Crippen molar-refractivity contribution in [1.29, 1.82) is 0 Å². The predicted molar refractivity (Wildman–Crippen MR) is 128 cm³/mol. The second kappa shape index (κ2) is 10.9. The van der Waals surface area contributed by atoms with Crippen LogP contribution in [0.1, 0.15) is 37.4 Å². The number of carbonyl (C=O) groups is 1. The van der Waals surface area contributed by atoms with Crippen LogP contribution in [0.15, 0.2) is 42.5 Å². The molecule has 0 aromatic heterocycles. The molecule has 0 radical (unpaired) electrons. The van der Waals surface area contributed by atoms with E-state index in [9.17, 15) is 26.4 Å². The van der Waals surface area contributed by atoms with Crippen LogP contribution >= 0.6 is 0 Å². The molecular weight excluding hydrogens is 501 g/mol. The number of anilines is 1. The number of fused-ring (bicyclic) bond motifs is 1. The normalized spacial score (nSPS) is 17.8. The maximum Gasteiger partial charge on any atom is 0.410 e. The van der Waals surface area contributed by atoms with E-state index in [-0.39, 0.29) is 36.8 Å². The third-order valence-electron chi connectivity index (χ3n) is 5.81. The average Bonchev–Trinajstić information content (AvgIpc) is 2.80. The zero-order valence-electron chi connectivity index (χ0n) is 20.4. The first kappa shape index (κ1) is 27.4. The van der Waals surface area contributed by atoms with E-state index < -0.39 is 40.1 Å². The Kier molecular flexibility index (Phi) is 8.27. The van der Waals surface area contributed by atoms with Gasteiger partial charge >= 0.3 is 12.3 Å². The highest BCUT2D eigenvalue weighted by Crippen LogP contribution is 2.47. The molecule has 8 nitrogen and oxygen atoms in total. The van der Waals surface area contributed by atoms with Crippen LogP contribution in [0, 0.1) is 0 Å². The Balaban J connectivity index is 2.20. The highest BCUT2D eigenvalue weighted by atomic mass is 32.2. The van der Waals surface area contributed by atoms with Gasteiger partial charge in [0.25, 0.3) is 0 Å². The van der Waals surface area contributed by atoms with E-state index in [1.54, 1.807) is 6.92 Å². The van der Waals surface area contributed by atoms with Crippen LogP contribution in [0.3, 0.4) is 0 Å². The monoisotopic (exact) mass is 530 g/mol. The van der Waals surface area contributed by atoms with E-state index in [2.05, 4.69) is 0 Å². The SMILES string of the molecule is CCOC(=O)N(Cc1ccccc1)C1CC(C)N(S(=O)(=O)CC(F)(F)F)c2cc(OC)c(OC)cc21. The van der Waals surface area contributed by atoms with Crippen LogP contribution in [0.25, 0.3) is 0 Å². The number of hydrogen-bond donors (Lipinski definition) is 0. The van der Waals surface area contributed by atoms with Gasteiger partial charge in [0, 0.05) is 24.2 Å². The van der Waals surface area contributed by atoms with E-state index >= 15 is 0 Å². The summed E-state index contributed by atoms with van der Waals surface area (Å²) in [5, 5.41) is 0. The number of sulfonamides is 1. The van der Waals surface area contributed by atoms with Gasteiger partial charge in [-0.05, 0) is 31.9 Å². The van der Waals surface area contributed by atoms with Crippen molar-refractivity contribution in [3.63, 3.8) is 0 Å². The minimum absolute atomic E-state index is 0.0111. The van der Waals surface area contributed by atoms with Gasteiger partial charge in [0.2, 0.25) is 10.0 Å². The van der Waals surface area contributed by atoms with E-state index in [1.807, 2.05) is 30.3 Å². The highest BCUT2D eigenvalue weighted by Gasteiger charge is 2.45. The number of hydrogen-bond acceptors (Lipinski definition) is 6. The summed E-state index contributed by atoms with van der Waals surface area (Å²) in [5.74, 6) is -1.64. The fraction of sp³-hybridized carbons (Fsp3) is 0.458. The Morgan fingerprint density at radius 1 is 1.11 bits per heavy atom. The summed E-state index contributed by atoms with van der Waals surface area (Å²) in [6.07, 6.45) is -5.53. The molecule has 12 heteroatoms. The fourth-order valence-electron chi connectivity index (χ4n) is 4.41. The van der Waals surface area contributed by atoms with E-state index in [0.717, 1.165) is 9.87 Å². The van der Waals surface area contributed by atoms with Crippen LogP contribution in [0.4, 0.5) is 23.7 Å². The van der Waals surface area contributed by atoms with Crippen LogP contribution in [-0.4, -0.2) is 58.2 Å². The van der Waals surface area contributed by atoms with Gasteiger partial charge in [-0.15, -0.1) is 0 Å². The van der Waals surface area contributed by atoms with Crippen LogP contribution < -0.4 is 13.8 Å². The number of carbonyl (C=O) groups excluding carboxylic acids is 1. The molecule has 0 bridgehead atoms.